The van der Waals surface area contributed by atoms with E-state index < -0.39 is 0 Å². The van der Waals surface area contributed by atoms with Gasteiger partial charge in [-0.2, -0.15) is 0 Å². The zero-order valence-electron chi connectivity index (χ0n) is 15.3. The van der Waals surface area contributed by atoms with E-state index in [0.717, 1.165) is 41.8 Å². The summed E-state index contributed by atoms with van der Waals surface area (Å²) in [5.41, 5.74) is 9.55. The van der Waals surface area contributed by atoms with Gasteiger partial charge in [0.2, 0.25) is 0 Å². The van der Waals surface area contributed by atoms with E-state index in [1.807, 2.05) is 6.92 Å². The average Bonchev–Trinajstić information content (AvgIpc) is 2.55. The number of aromatic nitrogens is 1. The highest BCUT2D eigenvalue weighted by molar-refractivity contribution is 5.74. The Morgan fingerprint density at radius 1 is 1.33 bits per heavy atom. The van der Waals surface area contributed by atoms with E-state index in [9.17, 15) is 0 Å². The third kappa shape index (κ3) is 3.10. The van der Waals surface area contributed by atoms with Crippen molar-refractivity contribution in [3.8, 4) is 0 Å². The molecule has 2 nitrogen and oxygen atoms in total. The van der Waals surface area contributed by atoms with E-state index in [1.54, 1.807) is 0 Å². The number of fused-ring (bicyclic) bond motifs is 3. The molecule has 0 unspecified atom stereocenters. The summed E-state index contributed by atoms with van der Waals surface area (Å²) in [5, 5.41) is 0. The van der Waals surface area contributed by atoms with Gasteiger partial charge in [-0.15, -0.1) is 0 Å². The van der Waals surface area contributed by atoms with Crippen LogP contribution in [-0.4, -0.2) is 16.4 Å². The molecule has 2 aliphatic rings. The lowest BCUT2D eigenvalue weighted by atomic mass is 9.91. The van der Waals surface area contributed by atoms with E-state index in [1.165, 1.54) is 41.8 Å². The van der Waals surface area contributed by atoms with Crippen molar-refractivity contribution in [3.63, 3.8) is 0 Å². The lowest BCUT2D eigenvalue weighted by Crippen LogP contribution is -2.29. The van der Waals surface area contributed by atoms with Crippen LogP contribution in [0.25, 0.3) is 5.70 Å². The second kappa shape index (κ2) is 6.80. The lowest BCUT2D eigenvalue weighted by molar-refractivity contribution is 0.503. The highest BCUT2D eigenvalue weighted by Crippen LogP contribution is 2.36. The van der Waals surface area contributed by atoms with Crippen molar-refractivity contribution < 1.29 is 0 Å². The van der Waals surface area contributed by atoms with Crippen LogP contribution in [0.15, 0.2) is 48.2 Å². The molecular formula is C22H28N2. The second-order valence-corrected chi connectivity index (χ2v) is 7.02. The number of hydrogen-bond donors (Lipinski definition) is 0. The van der Waals surface area contributed by atoms with Gasteiger partial charge < -0.3 is 4.90 Å². The second-order valence-electron chi connectivity index (χ2n) is 7.02. The van der Waals surface area contributed by atoms with Crippen LogP contribution in [0.2, 0.25) is 0 Å². The fourth-order valence-corrected chi connectivity index (χ4v) is 3.57. The van der Waals surface area contributed by atoms with Gasteiger partial charge in [0.15, 0.2) is 0 Å². The summed E-state index contributed by atoms with van der Waals surface area (Å²) in [7, 11) is 0. The normalized spacial score (nSPS) is 16.3. The number of aryl methyl sites for hydroxylation is 2. The first-order chi connectivity index (χ1) is 11.5. The van der Waals surface area contributed by atoms with Gasteiger partial charge >= 0.3 is 0 Å². The molecule has 0 N–H and O–H groups in total. The topological polar surface area (TPSA) is 16.1 Å². The number of rotatable bonds is 5. The minimum absolute atomic E-state index is 1.00. The van der Waals surface area contributed by atoms with Crippen LogP contribution in [-0.2, 0) is 12.8 Å². The predicted molar refractivity (Wildman–Crippen MR) is 103 cm³/mol. The van der Waals surface area contributed by atoms with Gasteiger partial charge in [0.05, 0.1) is 11.4 Å². The number of unbranched alkanes of at least 4 members (excludes halogenated alkanes) is 2. The Morgan fingerprint density at radius 3 is 2.83 bits per heavy atom. The van der Waals surface area contributed by atoms with Crippen LogP contribution in [0, 0.1) is 6.92 Å². The minimum atomic E-state index is 1.00. The van der Waals surface area contributed by atoms with Crippen molar-refractivity contribution >= 4 is 5.70 Å². The lowest BCUT2D eigenvalue weighted by Gasteiger charge is -2.34. The number of nitrogens with zero attached hydrogens (tertiary/aromatic N) is 2. The Labute approximate surface area is 146 Å². The highest BCUT2D eigenvalue weighted by Gasteiger charge is 2.26. The molecule has 0 saturated heterocycles. The van der Waals surface area contributed by atoms with Crippen molar-refractivity contribution in [2.75, 3.05) is 6.54 Å². The maximum Gasteiger partial charge on any atom is 0.0902 e. The van der Waals surface area contributed by atoms with Gasteiger partial charge in [-0.05, 0) is 67.0 Å². The molecule has 1 aromatic heterocycles. The van der Waals surface area contributed by atoms with Crippen LogP contribution in [0.4, 0.5) is 0 Å². The molecule has 24 heavy (non-hydrogen) atoms. The van der Waals surface area contributed by atoms with Crippen molar-refractivity contribution in [2.24, 2.45) is 0 Å². The molecule has 0 aromatic carbocycles. The molecule has 3 rings (SSSR count). The molecule has 0 bridgehead atoms. The van der Waals surface area contributed by atoms with E-state index in [2.05, 4.69) is 50.2 Å². The molecule has 3 heterocycles. The van der Waals surface area contributed by atoms with Gasteiger partial charge in [-0.25, -0.2) is 0 Å². The zero-order valence-corrected chi connectivity index (χ0v) is 15.3. The third-order valence-electron chi connectivity index (χ3n) is 5.02. The molecule has 2 aliphatic heterocycles. The monoisotopic (exact) mass is 320 g/mol. The number of pyridine rings is 1. The molecule has 0 fully saturated rings. The van der Waals surface area contributed by atoms with Gasteiger partial charge in [0.1, 0.15) is 0 Å². The fourth-order valence-electron chi connectivity index (χ4n) is 3.57. The maximum absolute atomic E-state index is 4.98. The van der Waals surface area contributed by atoms with Gasteiger partial charge in [-0.3, -0.25) is 4.98 Å². The average molecular weight is 320 g/mol. The van der Waals surface area contributed by atoms with Crippen LogP contribution in [0.1, 0.15) is 55.6 Å². The Bertz CT molecular complexity index is 749. The van der Waals surface area contributed by atoms with Crippen LogP contribution in [0.5, 0.6) is 0 Å². The third-order valence-corrected chi connectivity index (χ3v) is 5.02. The summed E-state index contributed by atoms with van der Waals surface area (Å²) < 4.78 is 0. The summed E-state index contributed by atoms with van der Waals surface area (Å²) in [4.78, 5) is 7.29. The Kier molecular flexibility index (Phi) is 4.75. The van der Waals surface area contributed by atoms with Crippen molar-refractivity contribution in [2.45, 2.75) is 52.9 Å². The molecule has 0 amide bonds. The molecule has 1 aromatic rings. The number of allylic oxidation sites excluding steroid dienone is 4. The summed E-state index contributed by atoms with van der Waals surface area (Å²) in [6, 6.07) is 2.40. The number of hydrogen-bond acceptors (Lipinski definition) is 2. The zero-order chi connectivity index (χ0) is 17.3. The fraction of sp³-hybridized carbons (Fsp3) is 0.409. The minimum Gasteiger partial charge on any atom is -0.345 e. The van der Waals surface area contributed by atoms with Crippen LogP contribution in [0.3, 0.4) is 0 Å². The largest absolute Gasteiger partial charge is 0.345 e. The summed E-state index contributed by atoms with van der Waals surface area (Å²) >= 11 is 0. The molecule has 0 saturated carbocycles. The first-order valence-electron chi connectivity index (χ1n) is 9.06. The van der Waals surface area contributed by atoms with E-state index in [0.29, 0.717) is 0 Å². The molecular weight excluding hydrogens is 292 g/mol. The van der Waals surface area contributed by atoms with Crippen LogP contribution < -0.4 is 0 Å². The van der Waals surface area contributed by atoms with Crippen molar-refractivity contribution in [1.82, 2.24) is 9.88 Å². The first-order valence-corrected chi connectivity index (χ1v) is 9.06. The molecule has 2 heteroatoms. The van der Waals surface area contributed by atoms with E-state index in [4.69, 9.17) is 4.98 Å². The summed E-state index contributed by atoms with van der Waals surface area (Å²) in [6.45, 7) is 15.7. The standard InChI is InChI=1S/C22H28N2/c1-6-7-8-9-18-13-19-10-11-24-14-20(15(2)3)16(4)12-21(24)22(19)23-17(18)5/h12-14H,2,4,6-11H2,1,3,5H3. The van der Waals surface area contributed by atoms with Crippen molar-refractivity contribution in [1.29, 1.82) is 0 Å². The molecule has 0 radical (unpaired) electrons. The Morgan fingerprint density at radius 2 is 2.12 bits per heavy atom. The van der Waals surface area contributed by atoms with Gasteiger partial charge in [0.25, 0.3) is 0 Å². The van der Waals surface area contributed by atoms with Gasteiger partial charge in [-0.1, -0.05) is 39.0 Å². The molecule has 0 spiro atoms. The summed E-state index contributed by atoms with van der Waals surface area (Å²) in [5.74, 6) is 0. The first kappa shape index (κ1) is 16.8. The molecule has 126 valence electrons. The van der Waals surface area contributed by atoms with Gasteiger partial charge in [0, 0.05) is 18.4 Å². The predicted octanol–water partition coefficient (Wildman–Crippen LogP) is 5.35. The van der Waals surface area contributed by atoms with E-state index in [-0.39, 0.29) is 0 Å². The maximum atomic E-state index is 4.98. The Balaban J connectivity index is 1.93. The Hall–Kier alpha value is -2.09. The highest BCUT2D eigenvalue weighted by atomic mass is 15.1. The molecule has 0 atom stereocenters. The SMILES string of the molecule is C=C(C)C1=CN2CCc3cc(CCCCC)c(C)nc3C2=CC1=C. The quantitative estimate of drug-likeness (QED) is 0.680. The molecule has 0 aliphatic carbocycles. The van der Waals surface area contributed by atoms with Crippen LogP contribution >= 0.6 is 0 Å². The van der Waals surface area contributed by atoms with Crippen molar-refractivity contribution in [3.05, 3.63) is 70.7 Å². The summed E-state index contributed by atoms with van der Waals surface area (Å²) in [6.07, 6.45) is 10.4. The smallest absolute Gasteiger partial charge is 0.0902 e. The van der Waals surface area contributed by atoms with E-state index >= 15 is 0 Å².